The topological polar surface area (TPSA) is 114 Å². The predicted octanol–water partition coefficient (Wildman–Crippen LogP) is -0.518. The number of hydrogen-bond acceptors (Lipinski definition) is 7. The van der Waals surface area contributed by atoms with Crippen molar-refractivity contribution in [3.8, 4) is 6.07 Å². The summed E-state index contributed by atoms with van der Waals surface area (Å²) in [5.41, 5.74) is -0.0496. The van der Waals surface area contributed by atoms with E-state index in [1.807, 2.05) is 11.0 Å². The molecule has 1 saturated heterocycles. The molecule has 1 fully saturated rings. The highest BCUT2D eigenvalue weighted by Crippen LogP contribution is 2.19. The highest BCUT2D eigenvalue weighted by molar-refractivity contribution is 5.97. The average molecular weight is 339 g/mol. The zero-order chi connectivity index (χ0) is 17.9. The molecule has 0 radical (unpaired) electrons. The van der Waals surface area contributed by atoms with Crippen LogP contribution in [0.5, 0.6) is 0 Å². The molecule has 0 aromatic heterocycles. The molecule has 2 N–H and O–H groups in total. The van der Waals surface area contributed by atoms with Crippen LogP contribution in [0.1, 0.15) is 19.8 Å². The third-order valence-corrected chi connectivity index (χ3v) is 3.84. The second kappa shape index (κ2) is 10.6. The van der Waals surface area contributed by atoms with E-state index in [2.05, 4.69) is 0 Å². The van der Waals surface area contributed by atoms with Crippen LogP contribution >= 0.6 is 0 Å². The summed E-state index contributed by atoms with van der Waals surface area (Å²) < 4.78 is 5.01. The SMILES string of the molecule is CCOC(=O)C1CCN(/C=C(/C#N)C(=O)N(CCO)CCO)CC1. The first-order chi connectivity index (χ1) is 11.6. The Morgan fingerprint density at radius 2 is 1.88 bits per heavy atom. The molecular formula is C16H25N3O5. The lowest BCUT2D eigenvalue weighted by atomic mass is 9.97. The highest BCUT2D eigenvalue weighted by atomic mass is 16.5. The lowest BCUT2D eigenvalue weighted by molar-refractivity contribution is -0.149. The standard InChI is InChI=1S/C16H25N3O5/c1-2-24-16(23)13-3-5-18(6-4-13)12-14(11-17)15(22)19(7-9-20)8-10-21/h12-13,20-21H,2-10H2,1H3/b14-12-. The van der Waals surface area contributed by atoms with Crippen molar-refractivity contribution in [3.05, 3.63) is 11.8 Å². The number of nitrogens with zero attached hydrogens (tertiary/aromatic N) is 3. The normalized spacial score (nSPS) is 15.8. The van der Waals surface area contributed by atoms with Crippen LogP contribution in [0.25, 0.3) is 0 Å². The van der Waals surface area contributed by atoms with Crippen LogP contribution in [-0.2, 0) is 14.3 Å². The number of carbonyl (C=O) groups excluding carboxylic acids is 2. The summed E-state index contributed by atoms with van der Waals surface area (Å²) in [5, 5.41) is 27.2. The van der Waals surface area contributed by atoms with Crippen LogP contribution in [0.4, 0.5) is 0 Å². The molecule has 0 spiro atoms. The number of piperidine rings is 1. The van der Waals surface area contributed by atoms with E-state index in [0.717, 1.165) is 0 Å². The van der Waals surface area contributed by atoms with E-state index < -0.39 is 5.91 Å². The molecular weight excluding hydrogens is 314 g/mol. The Kier molecular flexibility index (Phi) is 8.83. The number of rotatable bonds is 8. The van der Waals surface area contributed by atoms with Crippen LogP contribution in [-0.4, -0.2) is 77.9 Å². The zero-order valence-corrected chi connectivity index (χ0v) is 14.0. The lowest BCUT2D eigenvalue weighted by Crippen LogP contribution is -2.38. The second-order valence-electron chi connectivity index (χ2n) is 5.46. The van der Waals surface area contributed by atoms with E-state index in [9.17, 15) is 14.9 Å². The Hall–Kier alpha value is -2.11. The molecule has 1 amide bonds. The first kappa shape index (κ1) is 19.9. The summed E-state index contributed by atoms with van der Waals surface area (Å²) >= 11 is 0. The number of aliphatic hydroxyl groups is 2. The first-order valence-corrected chi connectivity index (χ1v) is 8.10. The van der Waals surface area contributed by atoms with E-state index in [-0.39, 0.29) is 43.8 Å². The third-order valence-electron chi connectivity index (χ3n) is 3.84. The van der Waals surface area contributed by atoms with Crippen LogP contribution in [0, 0.1) is 17.2 Å². The average Bonchev–Trinajstić information content (AvgIpc) is 2.59. The van der Waals surface area contributed by atoms with E-state index in [1.165, 1.54) is 11.1 Å². The van der Waals surface area contributed by atoms with Gasteiger partial charge < -0.3 is 24.7 Å². The summed E-state index contributed by atoms with van der Waals surface area (Å²) in [5.74, 6) is -0.862. The van der Waals surface area contributed by atoms with Gasteiger partial charge in [0.25, 0.3) is 5.91 Å². The fraction of sp³-hybridized carbons (Fsp3) is 0.688. The number of ether oxygens (including phenoxy) is 1. The van der Waals surface area contributed by atoms with Crippen LogP contribution < -0.4 is 0 Å². The largest absolute Gasteiger partial charge is 0.466 e. The van der Waals surface area contributed by atoms with Gasteiger partial charge in [0.05, 0.1) is 25.7 Å². The number of aliphatic hydroxyl groups excluding tert-OH is 2. The van der Waals surface area contributed by atoms with Crippen molar-refractivity contribution in [2.75, 3.05) is 46.0 Å². The van der Waals surface area contributed by atoms with Crippen molar-refractivity contribution in [2.24, 2.45) is 5.92 Å². The highest BCUT2D eigenvalue weighted by Gasteiger charge is 2.26. The zero-order valence-electron chi connectivity index (χ0n) is 14.0. The van der Waals surface area contributed by atoms with Gasteiger partial charge in [0.1, 0.15) is 11.6 Å². The molecule has 1 aliphatic rings. The van der Waals surface area contributed by atoms with Gasteiger partial charge in [-0.2, -0.15) is 5.26 Å². The van der Waals surface area contributed by atoms with Gasteiger partial charge >= 0.3 is 5.97 Å². The summed E-state index contributed by atoms with van der Waals surface area (Å²) in [6.07, 6.45) is 2.71. The molecule has 8 heteroatoms. The molecule has 0 saturated carbocycles. The summed E-state index contributed by atoms with van der Waals surface area (Å²) in [6, 6.07) is 1.87. The van der Waals surface area contributed by atoms with Crippen LogP contribution in [0.2, 0.25) is 0 Å². The second-order valence-corrected chi connectivity index (χ2v) is 5.46. The molecule has 24 heavy (non-hydrogen) atoms. The molecule has 134 valence electrons. The fourth-order valence-corrected chi connectivity index (χ4v) is 2.57. The van der Waals surface area contributed by atoms with E-state index in [1.54, 1.807) is 6.92 Å². The maximum Gasteiger partial charge on any atom is 0.309 e. The summed E-state index contributed by atoms with van der Waals surface area (Å²) in [4.78, 5) is 27.1. The number of likely N-dealkylation sites (tertiary alicyclic amines) is 1. The minimum absolute atomic E-state index is 0.0496. The molecule has 1 rings (SSSR count). The van der Waals surface area contributed by atoms with Gasteiger partial charge in [-0.25, -0.2) is 0 Å². The molecule has 1 heterocycles. The van der Waals surface area contributed by atoms with Crippen molar-refractivity contribution in [3.63, 3.8) is 0 Å². The van der Waals surface area contributed by atoms with Crippen molar-refractivity contribution in [1.82, 2.24) is 9.80 Å². The maximum atomic E-state index is 12.3. The number of amides is 1. The van der Waals surface area contributed by atoms with Crippen molar-refractivity contribution >= 4 is 11.9 Å². The molecule has 0 aromatic carbocycles. The van der Waals surface area contributed by atoms with Crippen molar-refractivity contribution in [1.29, 1.82) is 5.26 Å². The van der Waals surface area contributed by atoms with Crippen molar-refractivity contribution in [2.45, 2.75) is 19.8 Å². The Labute approximate surface area is 141 Å². The maximum absolute atomic E-state index is 12.3. The van der Waals surface area contributed by atoms with E-state index in [0.29, 0.717) is 32.5 Å². The molecule has 0 aliphatic carbocycles. The van der Waals surface area contributed by atoms with Gasteiger partial charge in [-0.15, -0.1) is 0 Å². The Morgan fingerprint density at radius 3 is 2.33 bits per heavy atom. The van der Waals surface area contributed by atoms with E-state index >= 15 is 0 Å². The number of carbonyl (C=O) groups is 2. The lowest BCUT2D eigenvalue weighted by Gasteiger charge is -2.30. The molecule has 0 atom stereocenters. The molecule has 1 aliphatic heterocycles. The number of hydrogen-bond donors (Lipinski definition) is 2. The van der Waals surface area contributed by atoms with Gasteiger partial charge in [-0.3, -0.25) is 9.59 Å². The monoisotopic (exact) mass is 339 g/mol. The van der Waals surface area contributed by atoms with E-state index in [4.69, 9.17) is 14.9 Å². The van der Waals surface area contributed by atoms with Crippen LogP contribution in [0.15, 0.2) is 11.8 Å². The van der Waals surface area contributed by atoms with Crippen LogP contribution in [0.3, 0.4) is 0 Å². The quantitative estimate of drug-likeness (QED) is 0.347. The fourth-order valence-electron chi connectivity index (χ4n) is 2.57. The minimum Gasteiger partial charge on any atom is -0.466 e. The van der Waals surface area contributed by atoms with Gasteiger partial charge in [0.15, 0.2) is 0 Å². The van der Waals surface area contributed by atoms with Gasteiger partial charge in [0.2, 0.25) is 0 Å². The van der Waals surface area contributed by atoms with Gasteiger partial charge in [-0.05, 0) is 19.8 Å². The Morgan fingerprint density at radius 1 is 1.29 bits per heavy atom. The molecule has 0 bridgehead atoms. The Balaban J connectivity index is 2.68. The molecule has 0 aromatic rings. The van der Waals surface area contributed by atoms with Crippen molar-refractivity contribution < 1.29 is 24.5 Å². The predicted molar refractivity (Wildman–Crippen MR) is 85.4 cm³/mol. The molecule has 8 nitrogen and oxygen atoms in total. The number of esters is 1. The van der Waals surface area contributed by atoms with Gasteiger partial charge in [-0.1, -0.05) is 0 Å². The first-order valence-electron chi connectivity index (χ1n) is 8.10. The molecule has 0 unspecified atom stereocenters. The summed E-state index contributed by atoms with van der Waals surface area (Å²) in [6.45, 7) is 2.88. The minimum atomic E-state index is -0.520. The smallest absolute Gasteiger partial charge is 0.309 e. The third kappa shape index (κ3) is 5.83. The summed E-state index contributed by atoms with van der Waals surface area (Å²) in [7, 11) is 0. The number of nitriles is 1. The van der Waals surface area contributed by atoms with Gasteiger partial charge in [0, 0.05) is 32.4 Å². The Bertz CT molecular complexity index is 486.